The van der Waals surface area contributed by atoms with Gasteiger partial charge in [-0.25, -0.2) is 0 Å². The minimum atomic E-state index is 0.0105. The summed E-state index contributed by atoms with van der Waals surface area (Å²) in [6, 6.07) is 28.2. The van der Waals surface area contributed by atoms with Crippen molar-refractivity contribution in [2.75, 3.05) is 11.4 Å². The summed E-state index contributed by atoms with van der Waals surface area (Å²) < 4.78 is 0. The van der Waals surface area contributed by atoms with Crippen LogP contribution in [0, 0.1) is 11.3 Å². The van der Waals surface area contributed by atoms with E-state index in [9.17, 15) is 10.1 Å². The molecule has 4 rings (SSSR count). The molecule has 1 N–H and O–H groups in total. The van der Waals surface area contributed by atoms with Gasteiger partial charge in [0.25, 0.3) is 0 Å². The molecule has 1 atom stereocenters. The van der Waals surface area contributed by atoms with Crippen molar-refractivity contribution in [3.05, 3.63) is 101 Å². The van der Waals surface area contributed by atoms with Crippen molar-refractivity contribution in [1.82, 2.24) is 5.32 Å². The van der Waals surface area contributed by atoms with E-state index in [2.05, 4.69) is 28.4 Å². The minimum Gasteiger partial charge on any atom is -0.365 e. The molecule has 0 saturated carbocycles. The Labute approximate surface area is 171 Å². The van der Waals surface area contributed by atoms with Crippen LogP contribution in [0.4, 0.5) is 5.69 Å². The number of nitriles is 1. The Morgan fingerprint density at radius 1 is 1.00 bits per heavy atom. The number of hydrogen-bond donors (Lipinski definition) is 1. The number of carbonyl (C=O) groups is 1. The number of nitrogens with zero attached hydrogens (tertiary/aromatic N) is 2. The first-order valence-corrected chi connectivity index (χ1v) is 9.86. The third-order valence-electron chi connectivity index (χ3n) is 5.25. The van der Waals surface area contributed by atoms with Crippen LogP contribution in [0.1, 0.15) is 22.3 Å². The van der Waals surface area contributed by atoms with E-state index in [1.807, 2.05) is 66.7 Å². The Balaban J connectivity index is 1.53. The average Bonchev–Trinajstić information content (AvgIpc) is 2.74. The number of nitrogens with one attached hydrogen (secondary N) is 1. The molecule has 0 aliphatic carbocycles. The van der Waals surface area contributed by atoms with Gasteiger partial charge in [0.05, 0.1) is 24.1 Å². The van der Waals surface area contributed by atoms with Crippen molar-refractivity contribution >= 4 is 11.6 Å². The molecule has 4 nitrogen and oxygen atoms in total. The van der Waals surface area contributed by atoms with Gasteiger partial charge in [0.15, 0.2) is 0 Å². The highest BCUT2D eigenvalue weighted by Gasteiger charge is 2.26. The standard InChI is InChI=1S/C25H23N3O/c26-16-21-11-12-24-22(13-21)15-23(18-28(24)17-20-9-5-2-6-10-20)27-25(29)14-19-7-3-1-4-8-19/h1-13,23H,14-15,17-18H2,(H,27,29)/t23-/m0/s1. The summed E-state index contributed by atoms with van der Waals surface area (Å²) >= 11 is 0. The van der Waals surface area contributed by atoms with Crippen LogP contribution < -0.4 is 10.2 Å². The molecule has 1 aliphatic rings. The molecule has 0 bridgehead atoms. The lowest BCUT2D eigenvalue weighted by Crippen LogP contribution is -2.48. The van der Waals surface area contributed by atoms with Gasteiger partial charge in [0.2, 0.25) is 5.91 Å². The summed E-state index contributed by atoms with van der Waals surface area (Å²) in [5.41, 5.74) is 5.13. The van der Waals surface area contributed by atoms with E-state index in [1.165, 1.54) is 5.56 Å². The van der Waals surface area contributed by atoms with E-state index in [-0.39, 0.29) is 11.9 Å². The second-order valence-corrected chi connectivity index (χ2v) is 7.45. The van der Waals surface area contributed by atoms with Crippen LogP contribution in [0.25, 0.3) is 0 Å². The first kappa shape index (κ1) is 18.8. The minimum absolute atomic E-state index is 0.0105. The zero-order valence-corrected chi connectivity index (χ0v) is 16.2. The maximum atomic E-state index is 12.6. The maximum Gasteiger partial charge on any atom is 0.224 e. The van der Waals surface area contributed by atoms with E-state index >= 15 is 0 Å². The van der Waals surface area contributed by atoms with Gasteiger partial charge in [0, 0.05) is 18.8 Å². The zero-order valence-electron chi connectivity index (χ0n) is 16.2. The molecule has 0 aromatic heterocycles. The normalized spacial score (nSPS) is 15.3. The molecule has 0 radical (unpaired) electrons. The Morgan fingerprint density at radius 3 is 2.38 bits per heavy atom. The molecule has 144 valence electrons. The highest BCUT2D eigenvalue weighted by molar-refractivity contribution is 5.79. The van der Waals surface area contributed by atoms with Crippen molar-refractivity contribution in [1.29, 1.82) is 5.26 Å². The Kier molecular flexibility index (Phi) is 5.58. The molecule has 3 aromatic rings. The Bertz CT molecular complexity index is 1020. The summed E-state index contributed by atoms with van der Waals surface area (Å²) in [5.74, 6) is 0.0285. The first-order chi connectivity index (χ1) is 14.2. The highest BCUT2D eigenvalue weighted by Crippen LogP contribution is 2.29. The second kappa shape index (κ2) is 8.62. The molecule has 0 saturated heterocycles. The number of benzene rings is 3. The predicted molar refractivity (Wildman–Crippen MR) is 114 cm³/mol. The molecule has 1 amide bonds. The van der Waals surface area contributed by atoms with Crippen LogP contribution in [0.15, 0.2) is 78.9 Å². The van der Waals surface area contributed by atoms with Crippen LogP contribution >= 0.6 is 0 Å². The van der Waals surface area contributed by atoms with Gasteiger partial charge in [-0.15, -0.1) is 0 Å². The molecular formula is C25H23N3O. The largest absolute Gasteiger partial charge is 0.365 e. The summed E-state index contributed by atoms with van der Waals surface area (Å²) in [5, 5.41) is 12.5. The number of carbonyl (C=O) groups excluding carboxylic acids is 1. The first-order valence-electron chi connectivity index (χ1n) is 9.86. The van der Waals surface area contributed by atoms with Crippen molar-refractivity contribution < 1.29 is 4.79 Å². The van der Waals surface area contributed by atoms with Gasteiger partial charge in [-0.3, -0.25) is 4.79 Å². The fourth-order valence-corrected chi connectivity index (χ4v) is 3.93. The topological polar surface area (TPSA) is 56.1 Å². The van der Waals surface area contributed by atoms with Crippen molar-refractivity contribution in [2.45, 2.75) is 25.4 Å². The number of amides is 1. The number of hydrogen-bond acceptors (Lipinski definition) is 3. The summed E-state index contributed by atoms with van der Waals surface area (Å²) in [4.78, 5) is 14.9. The van der Waals surface area contributed by atoms with Gasteiger partial charge in [-0.1, -0.05) is 60.7 Å². The zero-order chi connectivity index (χ0) is 20.1. The maximum absolute atomic E-state index is 12.6. The van der Waals surface area contributed by atoms with Gasteiger partial charge in [0.1, 0.15) is 0 Å². The molecule has 3 aromatic carbocycles. The van der Waals surface area contributed by atoms with Crippen LogP contribution in [0.3, 0.4) is 0 Å². The number of anilines is 1. The molecule has 29 heavy (non-hydrogen) atoms. The van der Waals surface area contributed by atoms with Gasteiger partial charge in [-0.2, -0.15) is 5.26 Å². The predicted octanol–water partition coefficient (Wildman–Crippen LogP) is 3.85. The molecule has 0 spiro atoms. The van der Waals surface area contributed by atoms with Crippen LogP contribution in [0.5, 0.6) is 0 Å². The second-order valence-electron chi connectivity index (χ2n) is 7.45. The van der Waals surface area contributed by atoms with E-state index in [0.717, 1.165) is 36.3 Å². The number of fused-ring (bicyclic) bond motifs is 1. The SMILES string of the molecule is N#Cc1ccc2c(c1)C[C@H](NC(=O)Cc1ccccc1)CN2Cc1ccccc1. The van der Waals surface area contributed by atoms with E-state index in [1.54, 1.807) is 0 Å². The monoisotopic (exact) mass is 381 g/mol. The van der Waals surface area contributed by atoms with Crippen molar-refractivity contribution in [3.63, 3.8) is 0 Å². The number of rotatable bonds is 5. The summed E-state index contributed by atoms with van der Waals surface area (Å²) in [6.07, 6.45) is 1.11. The summed E-state index contributed by atoms with van der Waals surface area (Å²) in [7, 11) is 0. The molecular weight excluding hydrogens is 358 g/mol. The average molecular weight is 381 g/mol. The Hall–Kier alpha value is -3.58. The van der Waals surface area contributed by atoms with E-state index in [4.69, 9.17) is 0 Å². The molecule has 0 unspecified atom stereocenters. The highest BCUT2D eigenvalue weighted by atomic mass is 16.1. The summed E-state index contributed by atoms with van der Waals surface area (Å²) in [6.45, 7) is 1.51. The van der Waals surface area contributed by atoms with Crippen LogP contribution in [-0.4, -0.2) is 18.5 Å². The fourth-order valence-electron chi connectivity index (χ4n) is 3.93. The molecule has 4 heteroatoms. The molecule has 0 fully saturated rings. The third-order valence-corrected chi connectivity index (χ3v) is 5.25. The lowest BCUT2D eigenvalue weighted by atomic mass is 9.95. The van der Waals surface area contributed by atoms with Gasteiger partial charge < -0.3 is 10.2 Å². The van der Waals surface area contributed by atoms with E-state index < -0.39 is 0 Å². The van der Waals surface area contributed by atoms with Crippen LogP contribution in [-0.2, 0) is 24.2 Å². The third kappa shape index (κ3) is 4.64. The molecule has 1 aliphatic heterocycles. The van der Waals surface area contributed by atoms with Gasteiger partial charge >= 0.3 is 0 Å². The molecule has 1 heterocycles. The van der Waals surface area contributed by atoms with Crippen molar-refractivity contribution in [2.24, 2.45) is 0 Å². The van der Waals surface area contributed by atoms with Crippen molar-refractivity contribution in [3.8, 4) is 6.07 Å². The smallest absolute Gasteiger partial charge is 0.224 e. The van der Waals surface area contributed by atoms with E-state index in [0.29, 0.717) is 12.0 Å². The Morgan fingerprint density at radius 2 is 1.69 bits per heavy atom. The van der Waals surface area contributed by atoms with Gasteiger partial charge in [-0.05, 0) is 41.3 Å². The van der Waals surface area contributed by atoms with Crippen LogP contribution in [0.2, 0.25) is 0 Å². The lowest BCUT2D eigenvalue weighted by Gasteiger charge is -2.36. The quantitative estimate of drug-likeness (QED) is 0.730. The lowest BCUT2D eigenvalue weighted by molar-refractivity contribution is -0.121. The fraction of sp³-hybridized carbons (Fsp3) is 0.200.